The van der Waals surface area contributed by atoms with Gasteiger partial charge in [0.2, 0.25) is 0 Å². The highest BCUT2D eigenvalue weighted by Crippen LogP contribution is 2.17. The predicted molar refractivity (Wildman–Crippen MR) is 134 cm³/mol. The summed E-state index contributed by atoms with van der Waals surface area (Å²) in [7, 11) is 5.86. The van der Waals surface area contributed by atoms with Crippen molar-refractivity contribution < 1.29 is 0 Å². The Labute approximate surface area is 187 Å². The summed E-state index contributed by atoms with van der Waals surface area (Å²) in [6, 6.07) is 8.84. The largest absolute Gasteiger partial charge is 0.397 e. The van der Waals surface area contributed by atoms with Crippen LogP contribution in [0.1, 0.15) is 30.8 Å². The highest BCUT2D eigenvalue weighted by Gasteiger charge is 2.11. The van der Waals surface area contributed by atoms with Crippen molar-refractivity contribution in [2.45, 2.75) is 33.2 Å². The molecule has 0 atom stereocenters. The minimum absolute atomic E-state index is 0.393. The number of nitrogens with zero attached hydrogens (tertiary/aromatic N) is 3. The number of likely N-dealkylation sites (N-methyl/N-ethyl adjacent to an activating group) is 1. The smallest absolute Gasteiger partial charge is 0.150 e. The van der Waals surface area contributed by atoms with Gasteiger partial charge in [-0.3, -0.25) is 0 Å². The minimum atomic E-state index is 0.393. The Morgan fingerprint density at radius 2 is 1.94 bits per heavy atom. The lowest BCUT2D eigenvalue weighted by molar-refractivity contribution is 0.734. The van der Waals surface area contributed by atoms with E-state index in [0.29, 0.717) is 17.4 Å². The molecular formula is C24H39N7. The molecule has 31 heavy (non-hydrogen) atoms. The van der Waals surface area contributed by atoms with E-state index in [1.54, 1.807) is 6.20 Å². The van der Waals surface area contributed by atoms with Crippen LogP contribution in [0, 0.1) is 6.92 Å². The number of hydrogen-bond donors (Lipinski definition) is 4. The molecule has 0 aliphatic rings. The van der Waals surface area contributed by atoms with Crippen LogP contribution < -0.4 is 26.6 Å². The summed E-state index contributed by atoms with van der Waals surface area (Å²) in [4.78, 5) is 10.8. The average molecular weight is 426 g/mol. The number of hydrogen-bond acceptors (Lipinski definition) is 7. The molecule has 0 spiro atoms. The Morgan fingerprint density at radius 3 is 2.48 bits per heavy atom. The second kappa shape index (κ2) is 13.3. The molecule has 0 fully saturated rings. The monoisotopic (exact) mass is 425 g/mol. The minimum Gasteiger partial charge on any atom is -0.397 e. The van der Waals surface area contributed by atoms with E-state index in [2.05, 4.69) is 82.1 Å². The van der Waals surface area contributed by atoms with Gasteiger partial charge in [-0.1, -0.05) is 25.3 Å². The van der Waals surface area contributed by atoms with Crippen molar-refractivity contribution in [1.29, 1.82) is 0 Å². The third kappa shape index (κ3) is 9.09. The maximum Gasteiger partial charge on any atom is 0.150 e. The first kappa shape index (κ1) is 26.0. The van der Waals surface area contributed by atoms with Crippen LogP contribution in [0.3, 0.4) is 0 Å². The lowest BCUT2D eigenvalue weighted by Crippen LogP contribution is -2.27. The van der Waals surface area contributed by atoms with Crippen LogP contribution in [0.5, 0.6) is 0 Å². The van der Waals surface area contributed by atoms with E-state index < -0.39 is 0 Å². The van der Waals surface area contributed by atoms with E-state index >= 15 is 0 Å². The molecule has 0 saturated heterocycles. The molecule has 1 heterocycles. The van der Waals surface area contributed by atoms with Crippen molar-refractivity contribution in [2.75, 3.05) is 44.4 Å². The first-order valence-electron chi connectivity index (χ1n) is 10.5. The van der Waals surface area contributed by atoms with Crippen LogP contribution in [0.4, 0.5) is 11.5 Å². The fourth-order valence-corrected chi connectivity index (χ4v) is 2.76. The number of nitrogens with one attached hydrogen (secondary N) is 3. The molecule has 1 aromatic heterocycles. The van der Waals surface area contributed by atoms with Crippen LogP contribution in [0.15, 0.2) is 49.3 Å². The molecule has 170 valence electrons. The van der Waals surface area contributed by atoms with Gasteiger partial charge in [-0.05, 0) is 51.9 Å². The van der Waals surface area contributed by atoms with Crippen LogP contribution >= 0.6 is 0 Å². The van der Waals surface area contributed by atoms with Crippen LogP contribution in [-0.2, 0) is 6.42 Å². The standard InChI is InChI=1S/C13H21N3.C11H18N4/c1-11(10-14-2)16-8-7-12-5-4-6-13(9-12)15-3;1-7(2)15(5)11-9(4)14-10(6-13-11)8(3)12/h4-6,9,14-16H,1,7-8,10H2,2-3H3;6-7H,3,12H2,1-2,4-5H3. The van der Waals surface area contributed by atoms with E-state index in [0.717, 1.165) is 42.4 Å². The Morgan fingerprint density at radius 1 is 1.23 bits per heavy atom. The number of aromatic nitrogens is 2. The highest BCUT2D eigenvalue weighted by molar-refractivity contribution is 5.57. The average Bonchev–Trinajstić information content (AvgIpc) is 2.74. The van der Waals surface area contributed by atoms with Crippen molar-refractivity contribution in [2.24, 2.45) is 5.73 Å². The zero-order valence-corrected chi connectivity index (χ0v) is 19.9. The number of aryl methyl sites for hydroxylation is 1. The summed E-state index contributed by atoms with van der Waals surface area (Å²) in [6.45, 7) is 15.4. The molecule has 7 nitrogen and oxygen atoms in total. The molecule has 0 unspecified atom stereocenters. The van der Waals surface area contributed by atoms with Gasteiger partial charge in [-0.2, -0.15) is 0 Å². The van der Waals surface area contributed by atoms with Crippen molar-refractivity contribution >= 4 is 17.2 Å². The van der Waals surface area contributed by atoms with E-state index in [4.69, 9.17) is 5.73 Å². The molecule has 7 heteroatoms. The first-order chi connectivity index (χ1) is 14.7. The molecule has 0 aliphatic heterocycles. The molecule has 5 N–H and O–H groups in total. The second-order valence-corrected chi connectivity index (χ2v) is 7.66. The fraction of sp³-hybridized carbons (Fsp3) is 0.417. The number of nitrogens with two attached hydrogens (primary N) is 1. The summed E-state index contributed by atoms with van der Waals surface area (Å²) in [5.41, 5.74) is 11.0. The van der Waals surface area contributed by atoms with Crippen LogP contribution in [0.25, 0.3) is 5.70 Å². The zero-order valence-electron chi connectivity index (χ0n) is 19.9. The number of benzene rings is 1. The summed E-state index contributed by atoms with van der Waals surface area (Å²) in [6.07, 6.45) is 2.67. The summed E-state index contributed by atoms with van der Waals surface area (Å²) < 4.78 is 0. The van der Waals surface area contributed by atoms with Gasteiger partial charge >= 0.3 is 0 Å². The fourth-order valence-electron chi connectivity index (χ4n) is 2.76. The maximum atomic E-state index is 5.56. The van der Waals surface area contributed by atoms with Crippen molar-refractivity contribution in [3.05, 3.63) is 66.3 Å². The summed E-state index contributed by atoms with van der Waals surface area (Å²) in [5, 5.41) is 9.49. The van der Waals surface area contributed by atoms with Gasteiger partial charge in [0.15, 0.2) is 0 Å². The molecule has 1 aromatic carbocycles. The lowest BCUT2D eigenvalue weighted by Gasteiger charge is -2.23. The molecule has 0 aliphatic carbocycles. The summed E-state index contributed by atoms with van der Waals surface area (Å²) >= 11 is 0. The van der Waals surface area contributed by atoms with Gasteiger partial charge in [-0.25, -0.2) is 9.97 Å². The van der Waals surface area contributed by atoms with E-state index in [9.17, 15) is 0 Å². The van der Waals surface area contributed by atoms with Gasteiger partial charge < -0.3 is 26.6 Å². The van der Waals surface area contributed by atoms with Gasteiger partial charge in [0.05, 0.1) is 17.6 Å². The molecule has 2 aromatic rings. The normalized spacial score (nSPS) is 10.2. The van der Waals surface area contributed by atoms with E-state index in [-0.39, 0.29) is 0 Å². The Balaban J connectivity index is 0.000000311. The van der Waals surface area contributed by atoms with Crippen LogP contribution in [-0.4, -0.2) is 50.2 Å². The van der Waals surface area contributed by atoms with Gasteiger partial charge in [0.25, 0.3) is 0 Å². The molecule has 0 amide bonds. The third-order valence-electron chi connectivity index (χ3n) is 4.75. The van der Waals surface area contributed by atoms with Crippen molar-refractivity contribution in [3.63, 3.8) is 0 Å². The SMILES string of the molecule is C=C(CNC)NCCc1cccc(NC)c1.C=C(N)c1cnc(N(C)C(C)C)c(C)n1. The predicted octanol–water partition coefficient (Wildman–Crippen LogP) is 3.15. The second-order valence-electron chi connectivity index (χ2n) is 7.66. The highest BCUT2D eigenvalue weighted by atomic mass is 15.2. The zero-order chi connectivity index (χ0) is 23.4. The van der Waals surface area contributed by atoms with Crippen molar-refractivity contribution in [3.8, 4) is 0 Å². The Hall–Kier alpha value is -3.06. The molecule has 0 saturated carbocycles. The number of rotatable bonds is 10. The quantitative estimate of drug-likeness (QED) is 0.465. The van der Waals surface area contributed by atoms with E-state index in [1.807, 2.05) is 28.1 Å². The van der Waals surface area contributed by atoms with Crippen LogP contribution in [0.2, 0.25) is 0 Å². The Bertz CT molecular complexity index is 846. The topological polar surface area (TPSA) is 91.1 Å². The lowest BCUT2D eigenvalue weighted by atomic mass is 10.1. The summed E-state index contributed by atoms with van der Waals surface area (Å²) in [5.74, 6) is 0.884. The maximum absolute atomic E-state index is 5.56. The van der Waals surface area contributed by atoms with E-state index in [1.165, 1.54) is 5.56 Å². The Kier molecular flexibility index (Phi) is 11.1. The first-order valence-corrected chi connectivity index (χ1v) is 10.5. The number of anilines is 2. The van der Waals surface area contributed by atoms with Gasteiger partial charge in [-0.15, -0.1) is 0 Å². The molecule has 0 radical (unpaired) electrons. The molecular weight excluding hydrogens is 386 g/mol. The molecule has 2 rings (SSSR count). The van der Waals surface area contributed by atoms with Crippen molar-refractivity contribution in [1.82, 2.24) is 20.6 Å². The third-order valence-corrected chi connectivity index (χ3v) is 4.75. The van der Waals surface area contributed by atoms with Gasteiger partial charge in [0, 0.05) is 44.6 Å². The van der Waals surface area contributed by atoms with Gasteiger partial charge in [0.1, 0.15) is 11.5 Å². The molecule has 0 bridgehead atoms.